The Morgan fingerprint density at radius 3 is 2.65 bits per heavy atom. The lowest BCUT2D eigenvalue weighted by Gasteiger charge is -2.13. The van der Waals surface area contributed by atoms with Gasteiger partial charge in [0.1, 0.15) is 5.75 Å². The summed E-state index contributed by atoms with van der Waals surface area (Å²) in [7, 11) is 1.56. The van der Waals surface area contributed by atoms with Crippen LogP contribution in [0.2, 0.25) is 0 Å². The van der Waals surface area contributed by atoms with Gasteiger partial charge in [-0.1, -0.05) is 22.0 Å². The summed E-state index contributed by atoms with van der Waals surface area (Å²) in [5.41, 5.74) is 1.43. The third-order valence-corrected chi connectivity index (χ3v) is 4.57. The molecule has 2 aromatic carbocycles. The molecule has 0 spiro atoms. The number of carbonyl (C=O) groups excluding carboxylic acids is 3. The van der Waals surface area contributed by atoms with Gasteiger partial charge in [-0.15, -0.1) is 0 Å². The minimum atomic E-state index is -0.320. The Kier molecular flexibility index (Phi) is 5.37. The normalized spacial score (nSPS) is 12.9. The summed E-state index contributed by atoms with van der Waals surface area (Å²) >= 11 is 3.30. The van der Waals surface area contributed by atoms with Crippen LogP contribution in [0.5, 0.6) is 5.75 Å². The number of ether oxygens (including phenoxy) is 1. The lowest BCUT2D eigenvalue weighted by atomic mass is 10.1. The first-order valence-electron chi connectivity index (χ1n) is 8.09. The van der Waals surface area contributed by atoms with Gasteiger partial charge in [-0.3, -0.25) is 19.3 Å². The van der Waals surface area contributed by atoms with Crippen molar-refractivity contribution in [2.24, 2.45) is 0 Å². The largest absolute Gasteiger partial charge is 0.497 e. The molecular weight excluding hydrogens is 400 g/mol. The highest BCUT2D eigenvalue weighted by molar-refractivity contribution is 9.10. The predicted octanol–water partition coefficient (Wildman–Crippen LogP) is 3.47. The van der Waals surface area contributed by atoms with Crippen LogP contribution >= 0.6 is 15.9 Å². The van der Waals surface area contributed by atoms with Crippen LogP contribution in [0.1, 0.15) is 33.6 Å². The highest BCUT2D eigenvalue weighted by Crippen LogP contribution is 2.26. The molecule has 3 amide bonds. The van der Waals surface area contributed by atoms with Crippen LogP contribution in [-0.4, -0.2) is 36.3 Å². The summed E-state index contributed by atoms with van der Waals surface area (Å²) < 4.78 is 5.86. The zero-order valence-electron chi connectivity index (χ0n) is 14.1. The van der Waals surface area contributed by atoms with Crippen LogP contribution < -0.4 is 10.1 Å². The molecule has 0 aromatic heterocycles. The van der Waals surface area contributed by atoms with Gasteiger partial charge in [0.25, 0.3) is 11.8 Å². The fourth-order valence-electron chi connectivity index (χ4n) is 2.79. The van der Waals surface area contributed by atoms with Crippen molar-refractivity contribution in [2.45, 2.75) is 12.8 Å². The van der Waals surface area contributed by atoms with Crippen molar-refractivity contribution in [1.29, 1.82) is 0 Å². The Morgan fingerprint density at radius 1 is 1.12 bits per heavy atom. The highest BCUT2D eigenvalue weighted by atomic mass is 79.9. The van der Waals surface area contributed by atoms with Crippen LogP contribution in [0.15, 0.2) is 46.9 Å². The number of anilines is 1. The van der Waals surface area contributed by atoms with E-state index in [4.69, 9.17) is 4.74 Å². The van der Waals surface area contributed by atoms with Crippen molar-refractivity contribution in [2.75, 3.05) is 19.0 Å². The van der Waals surface area contributed by atoms with Gasteiger partial charge < -0.3 is 10.1 Å². The number of nitrogens with zero attached hydrogens (tertiary/aromatic N) is 1. The smallest absolute Gasteiger partial charge is 0.261 e. The lowest BCUT2D eigenvalue weighted by molar-refractivity contribution is -0.116. The third kappa shape index (κ3) is 3.77. The SMILES string of the molecule is COc1cccc(NC(=O)CCCN2C(=O)c3ccc(Br)cc3C2=O)c1. The number of hydrogen-bond donors (Lipinski definition) is 1. The summed E-state index contributed by atoms with van der Waals surface area (Å²) in [4.78, 5) is 38.0. The lowest BCUT2D eigenvalue weighted by Crippen LogP contribution is -2.31. The Balaban J connectivity index is 1.54. The van der Waals surface area contributed by atoms with Crippen LogP contribution in [0.4, 0.5) is 5.69 Å². The molecule has 0 radical (unpaired) electrons. The molecule has 1 aliphatic heterocycles. The van der Waals surface area contributed by atoms with E-state index in [1.165, 1.54) is 4.90 Å². The zero-order chi connectivity index (χ0) is 18.7. The predicted molar refractivity (Wildman–Crippen MR) is 100 cm³/mol. The number of rotatable bonds is 6. The maximum absolute atomic E-state index is 12.4. The number of benzene rings is 2. The molecule has 0 unspecified atom stereocenters. The number of hydrogen-bond acceptors (Lipinski definition) is 4. The number of amides is 3. The number of halogens is 1. The molecule has 2 aromatic rings. The van der Waals surface area contributed by atoms with E-state index in [0.29, 0.717) is 29.0 Å². The van der Waals surface area contributed by atoms with Crippen molar-refractivity contribution in [3.8, 4) is 5.75 Å². The van der Waals surface area contributed by atoms with E-state index in [1.54, 1.807) is 49.6 Å². The quantitative estimate of drug-likeness (QED) is 0.731. The number of fused-ring (bicyclic) bond motifs is 1. The summed E-state index contributed by atoms with van der Waals surface area (Å²) in [6.07, 6.45) is 0.594. The second-order valence-electron chi connectivity index (χ2n) is 5.84. The fourth-order valence-corrected chi connectivity index (χ4v) is 3.15. The van der Waals surface area contributed by atoms with E-state index in [2.05, 4.69) is 21.2 Å². The van der Waals surface area contributed by atoms with Crippen molar-refractivity contribution >= 4 is 39.3 Å². The van der Waals surface area contributed by atoms with Gasteiger partial charge in [0.15, 0.2) is 0 Å². The first-order valence-corrected chi connectivity index (χ1v) is 8.88. The highest BCUT2D eigenvalue weighted by Gasteiger charge is 2.35. The number of nitrogens with one attached hydrogen (secondary N) is 1. The van der Waals surface area contributed by atoms with Crippen molar-refractivity contribution in [1.82, 2.24) is 4.90 Å². The van der Waals surface area contributed by atoms with E-state index in [-0.39, 0.29) is 30.7 Å². The van der Waals surface area contributed by atoms with Crippen LogP contribution in [0, 0.1) is 0 Å². The Morgan fingerprint density at radius 2 is 1.88 bits per heavy atom. The van der Waals surface area contributed by atoms with Gasteiger partial charge in [-0.25, -0.2) is 0 Å². The van der Waals surface area contributed by atoms with Gasteiger partial charge in [-0.05, 0) is 36.8 Å². The molecule has 0 atom stereocenters. The van der Waals surface area contributed by atoms with Gasteiger partial charge >= 0.3 is 0 Å². The molecule has 1 aliphatic rings. The van der Waals surface area contributed by atoms with E-state index < -0.39 is 0 Å². The molecule has 3 rings (SSSR count). The molecule has 0 fully saturated rings. The standard InChI is InChI=1S/C19H17BrN2O4/c1-26-14-5-2-4-13(11-14)21-17(23)6-3-9-22-18(24)15-8-7-12(20)10-16(15)19(22)25/h2,4-5,7-8,10-11H,3,6,9H2,1H3,(H,21,23). The van der Waals surface area contributed by atoms with Gasteiger partial charge in [-0.2, -0.15) is 0 Å². The van der Waals surface area contributed by atoms with Crippen molar-refractivity contribution in [3.63, 3.8) is 0 Å². The molecular formula is C19H17BrN2O4. The minimum Gasteiger partial charge on any atom is -0.497 e. The van der Waals surface area contributed by atoms with E-state index in [1.807, 2.05) is 0 Å². The average molecular weight is 417 g/mol. The fraction of sp³-hybridized carbons (Fsp3) is 0.211. The molecule has 7 heteroatoms. The van der Waals surface area contributed by atoms with E-state index in [0.717, 1.165) is 4.47 Å². The topological polar surface area (TPSA) is 75.7 Å². The van der Waals surface area contributed by atoms with E-state index >= 15 is 0 Å². The molecule has 26 heavy (non-hydrogen) atoms. The molecule has 0 saturated carbocycles. The molecule has 0 bridgehead atoms. The summed E-state index contributed by atoms with van der Waals surface area (Å²) in [6, 6.07) is 12.1. The molecule has 134 valence electrons. The van der Waals surface area contributed by atoms with E-state index in [9.17, 15) is 14.4 Å². The number of carbonyl (C=O) groups is 3. The van der Waals surface area contributed by atoms with Crippen molar-refractivity contribution < 1.29 is 19.1 Å². The number of imide groups is 1. The maximum atomic E-state index is 12.4. The minimum absolute atomic E-state index is 0.183. The van der Waals surface area contributed by atoms with Crippen molar-refractivity contribution in [3.05, 3.63) is 58.1 Å². The molecule has 6 nitrogen and oxygen atoms in total. The van der Waals surface area contributed by atoms with Crippen LogP contribution in [0.3, 0.4) is 0 Å². The monoisotopic (exact) mass is 416 g/mol. The molecule has 1 heterocycles. The molecule has 0 saturated heterocycles. The van der Waals surface area contributed by atoms with Gasteiger partial charge in [0.2, 0.25) is 5.91 Å². The Hall–Kier alpha value is -2.67. The van der Waals surface area contributed by atoms with Gasteiger partial charge in [0, 0.05) is 29.2 Å². The first kappa shape index (κ1) is 18.1. The molecule has 1 N–H and O–H groups in total. The van der Waals surface area contributed by atoms with Gasteiger partial charge in [0.05, 0.1) is 18.2 Å². The maximum Gasteiger partial charge on any atom is 0.261 e. The molecule has 0 aliphatic carbocycles. The first-order chi connectivity index (χ1) is 12.5. The van der Waals surface area contributed by atoms with Crippen LogP contribution in [-0.2, 0) is 4.79 Å². The summed E-state index contributed by atoms with van der Waals surface area (Å²) in [5, 5.41) is 2.78. The average Bonchev–Trinajstić information content (AvgIpc) is 2.86. The summed E-state index contributed by atoms with van der Waals surface area (Å²) in [6.45, 7) is 0.204. The van der Waals surface area contributed by atoms with Crippen LogP contribution in [0.25, 0.3) is 0 Å². The number of methoxy groups -OCH3 is 1. The summed E-state index contributed by atoms with van der Waals surface area (Å²) in [5.74, 6) is -0.164. The second kappa shape index (κ2) is 7.70. The zero-order valence-corrected chi connectivity index (χ0v) is 15.7. The second-order valence-corrected chi connectivity index (χ2v) is 6.75. The Labute approximate surface area is 159 Å². The Bertz CT molecular complexity index is 882. The third-order valence-electron chi connectivity index (χ3n) is 4.07.